The minimum atomic E-state index is -0.505. The fourth-order valence-electron chi connectivity index (χ4n) is 2.66. The number of hydrogen-bond donors (Lipinski definition) is 2. The van der Waals surface area contributed by atoms with E-state index in [1.54, 1.807) is 6.92 Å². The van der Waals surface area contributed by atoms with Crippen LogP contribution in [-0.4, -0.2) is 34.4 Å². The van der Waals surface area contributed by atoms with Gasteiger partial charge in [-0.1, -0.05) is 5.16 Å². The summed E-state index contributed by atoms with van der Waals surface area (Å²) < 4.78 is 0. The molecule has 84 valence electrons. The number of carbonyl (C=O) groups is 1. The maximum Gasteiger partial charge on any atom is 0.233 e. The number of fused-ring (bicyclic) bond motifs is 2. The molecule has 0 aromatic carbocycles. The Hall–Kier alpha value is -1.26. The lowest BCUT2D eigenvalue weighted by molar-refractivity contribution is -0.134. The molecule has 0 spiro atoms. The van der Waals surface area contributed by atoms with Gasteiger partial charge in [-0.15, -0.1) is 0 Å². The summed E-state index contributed by atoms with van der Waals surface area (Å²) in [6.07, 6.45) is 3.49. The van der Waals surface area contributed by atoms with Crippen LogP contribution in [0.4, 0.5) is 0 Å². The Morgan fingerprint density at radius 2 is 2.33 bits per heavy atom. The van der Waals surface area contributed by atoms with E-state index in [4.69, 9.17) is 10.9 Å². The Kier molecular flexibility index (Phi) is 2.54. The SMILES string of the molecule is CC(C(=O)N1CC2CCC1C2)C(N)=NO. The molecule has 1 saturated heterocycles. The van der Waals surface area contributed by atoms with Gasteiger partial charge in [-0.3, -0.25) is 4.79 Å². The molecule has 1 heterocycles. The maximum absolute atomic E-state index is 12.0. The van der Waals surface area contributed by atoms with E-state index in [1.165, 1.54) is 6.42 Å². The first-order valence-corrected chi connectivity index (χ1v) is 5.41. The first-order valence-electron chi connectivity index (χ1n) is 5.41. The van der Waals surface area contributed by atoms with Crippen LogP contribution in [0.2, 0.25) is 0 Å². The molecular formula is C10H17N3O2. The molecule has 3 unspecified atom stereocenters. The Labute approximate surface area is 88.9 Å². The number of piperidine rings is 1. The average Bonchev–Trinajstić information content (AvgIpc) is 2.87. The van der Waals surface area contributed by atoms with E-state index in [1.807, 2.05) is 4.90 Å². The molecule has 0 aromatic heterocycles. The lowest BCUT2D eigenvalue weighted by atomic mass is 10.1. The van der Waals surface area contributed by atoms with Crippen molar-refractivity contribution >= 4 is 11.7 Å². The summed E-state index contributed by atoms with van der Waals surface area (Å²) in [5, 5.41) is 11.4. The highest BCUT2D eigenvalue weighted by molar-refractivity contribution is 6.01. The van der Waals surface area contributed by atoms with Gasteiger partial charge in [0.25, 0.3) is 0 Å². The normalized spacial score (nSPS) is 32.1. The third-order valence-corrected chi connectivity index (χ3v) is 3.62. The van der Waals surface area contributed by atoms with Crippen molar-refractivity contribution in [3.63, 3.8) is 0 Å². The predicted molar refractivity (Wildman–Crippen MR) is 55.4 cm³/mol. The van der Waals surface area contributed by atoms with E-state index in [2.05, 4.69) is 5.16 Å². The number of amides is 1. The number of oxime groups is 1. The van der Waals surface area contributed by atoms with E-state index >= 15 is 0 Å². The second kappa shape index (κ2) is 3.72. The Morgan fingerprint density at radius 3 is 2.80 bits per heavy atom. The monoisotopic (exact) mass is 211 g/mol. The van der Waals surface area contributed by atoms with E-state index in [0.29, 0.717) is 12.0 Å². The zero-order valence-electron chi connectivity index (χ0n) is 8.89. The van der Waals surface area contributed by atoms with E-state index in [0.717, 1.165) is 19.4 Å². The molecule has 2 fully saturated rings. The van der Waals surface area contributed by atoms with Gasteiger partial charge in [0, 0.05) is 12.6 Å². The molecule has 0 radical (unpaired) electrons. The number of carbonyl (C=O) groups excluding carboxylic acids is 1. The van der Waals surface area contributed by atoms with E-state index in [-0.39, 0.29) is 11.7 Å². The summed E-state index contributed by atoms with van der Waals surface area (Å²) >= 11 is 0. The largest absolute Gasteiger partial charge is 0.409 e. The number of nitrogens with two attached hydrogens (primary N) is 1. The van der Waals surface area contributed by atoms with Gasteiger partial charge in [0.1, 0.15) is 0 Å². The van der Waals surface area contributed by atoms with Crippen LogP contribution in [0.25, 0.3) is 0 Å². The summed E-state index contributed by atoms with van der Waals surface area (Å²) in [5.41, 5.74) is 5.44. The van der Waals surface area contributed by atoms with Crippen molar-refractivity contribution in [2.24, 2.45) is 22.7 Å². The highest BCUT2D eigenvalue weighted by Gasteiger charge is 2.41. The molecule has 0 aromatic rings. The van der Waals surface area contributed by atoms with Gasteiger partial charge in [-0.05, 0) is 32.1 Å². The summed E-state index contributed by atoms with van der Waals surface area (Å²) in [5.74, 6) is 0.174. The van der Waals surface area contributed by atoms with Crippen molar-refractivity contribution in [1.29, 1.82) is 0 Å². The topological polar surface area (TPSA) is 78.9 Å². The van der Waals surface area contributed by atoms with Gasteiger partial charge >= 0.3 is 0 Å². The molecule has 1 aliphatic heterocycles. The van der Waals surface area contributed by atoms with Crippen molar-refractivity contribution < 1.29 is 10.0 Å². The maximum atomic E-state index is 12.0. The summed E-state index contributed by atoms with van der Waals surface area (Å²) in [6.45, 7) is 2.54. The van der Waals surface area contributed by atoms with Gasteiger partial charge in [0.15, 0.2) is 5.84 Å². The first-order chi connectivity index (χ1) is 7.13. The quantitative estimate of drug-likeness (QED) is 0.300. The van der Waals surface area contributed by atoms with Crippen LogP contribution in [0, 0.1) is 11.8 Å². The number of rotatable bonds is 2. The summed E-state index contributed by atoms with van der Waals surface area (Å²) in [4.78, 5) is 13.9. The van der Waals surface area contributed by atoms with Crippen molar-refractivity contribution in [2.45, 2.75) is 32.2 Å². The molecule has 1 amide bonds. The standard InChI is InChI=1S/C10H17N3O2/c1-6(9(11)12-15)10(14)13-5-7-2-3-8(13)4-7/h6-8,15H,2-5H2,1H3,(H2,11,12). The first kappa shape index (κ1) is 10.3. The highest BCUT2D eigenvalue weighted by Crippen LogP contribution is 2.37. The van der Waals surface area contributed by atoms with Crippen LogP contribution in [0.5, 0.6) is 0 Å². The molecule has 2 bridgehead atoms. The van der Waals surface area contributed by atoms with Gasteiger partial charge < -0.3 is 15.8 Å². The van der Waals surface area contributed by atoms with Crippen LogP contribution in [0.15, 0.2) is 5.16 Å². The van der Waals surface area contributed by atoms with Gasteiger partial charge in [-0.2, -0.15) is 0 Å². The molecule has 2 rings (SSSR count). The second-order valence-electron chi connectivity index (χ2n) is 4.57. The van der Waals surface area contributed by atoms with Gasteiger partial charge in [0.05, 0.1) is 5.92 Å². The molecule has 3 atom stereocenters. The highest BCUT2D eigenvalue weighted by atomic mass is 16.4. The third-order valence-electron chi connectivity index (χ3n) is 3.62. The number of nitrogens with zero attached hydrogens (tertiary/aromatic N) is 2. The molecule has 3 N–H and O–H groups in total. The van der Waals surface area contributed by atoms with Crippen LogP contribution in [-0.2, 0) is 4.79 Å². The van der Waals surface area contributed by atoms with Crippen molar-refractivity contribution in [3.05, 3.63) is 0 Å². The van der Waals surface area contributed by atoms with E-state index < -0.39 is 5.92 Å². The molecular weight excluding hydrogens is 194 g/mol. The van der Waals surface area contributed by atoms with Crippen LogP contribution >= 0.6 is 0 Å². The minimum absolute atomic E-state index is 0.00231. The Balaban J connectivity index is 2.03. The van der Waals surface area contributed by atoms with Crippen molar-refractivity contribution in [3.8, 4) is 0 Å². The smallest absolute Gasteiger partial charge is 0.233 e. The minimum Gasteiger partial charge on any atom is -0.409 e. The second-order valence-corrected chi connectivity index (χ2v) is 4.57. The van der Waals surface area contributed by atoms with Gasteiger partial charge in [0.2, 0.25) is 5.91 Å². The number of hydrogen-bond acceptors (Lipinski definition) is 3. The zero-order chi connectivity index (χ0) is 11.0. The van der Waals surface area contributed by atoms with Crippen molar-refractivity contribution in [1.82, 2.24) is 4.90 Å². The molecule has 15 heavy (non-hydrogen) atoms. The van der Waals surface area contributed by atoms with Crippen LogP contribution in [0.3, 0.4) is 0 Å². The van der Waals surface area contributed by atoms with Crippen molar-refractivity contribution in [2.75, 3.05) is 6.54 Å². The molecule has 5 nitrogen and oxygen atoms in total. The van der Waals surface area contributed by atoms with Gasteiger partial charge in [-0.25, -0.2) is 0 Å². The lowest BCUT2D eigenvalue weighted by Crippen LogP contribution is -2.44. The lowest BCUT2D eigenvalue weighted by Gasteiger charge is -2.29. The van der Waals surface area contributed by atoms with Crippen LogP contribution < -0.4 is 5.73 Å². The average molecular weight is 211 g/mol. The molecule has 2 aliphatic rings. The van der Waals surface area contributed by atoms with Crippen LogP contribution in [0.1, 0.15) is 26.2 Å². The fraction of sp³-hybridized carbons (Fsp3) is 0.800. The summed E-state index contributed by atoms with van der Waals surface area (Å²) in [6, 6.07) is 0.399. The third kappa shape index (κ3) is 1.66. The molecule has 1 aliphatic carbocycles. The predicted octanol–water partition coefficient (Wildman–Crippen LogP) is 0.380. The number of likely N-dealkylation sites (tertiary alicyclic amines) is 1. The zero-order valence-corrected chi connectivity index (χ0v) is 8.89. The number of amidine groups is 1. The Bertz CT molecular complexity index is 303. The fourth-order valence-corrected chi connectivity index (χ4v) is 2.66. The Morgan fingerprint density at radius 1 is 1.60 bits per heavy atom. The summed E-state index contributed by atoms with van der Waals surface area (Å²) in [7, 11) is 0. The van der Waals surface area contributed by atoms with E-state index in [9.17, 15) is 4.79 Å². The molecule has 5 heteroatoms. The molecule has 1 saturated carbocycles.